The maximum absolute atomic E-state index is 12.3. The molecule has 120 valence electrons. The van der Waals surface area contributed by atoms with Crippen LogP contribution >= 0.6 is 0 Å². The summed E-state index contributed by atoms with van der Waals surface area (Å²) in [7, 11) is 1.51. The molecule has 4 nitrogen and oxygen atoms in total. The van der Waals surface area contributed by atoms with E-state index in [-0.39, 0.29) is 5.97 Å². The summed E-state index contributed by atoms with van der Waals surface area (Å²) in [6.07, 6.45) is 10.5. The first-order valence-corrected chi connectivity index (χ1v) is 8.72. The zero-order valence-corrected chi connectivity index (χ0v) is 13.6. The molecule has 2 saturated carbocycles. The summed E-state index contributed by atoms with van der Waals surface area (Å²) in [5.41, 5.74) is -0.545. The lowest BCUT2D eigenvalue weighted by Crippen LogP contribution is -2.59. The minimum absolute atomic E-state index is 0.105. The molecule has 1 aliphatic heterocycles. The topological polar surface area (TPSA) is 41.6 Å². The Hall–Kier alpha value is -0.610. The van der Waals surface area contributed by atoms with Crippen LogP contribution in [0.25, 0.3) is 0 Å². The molecule has 0 radical (unpaired) electrons. The van der Waals surface area contributed by atoms with E-state index in [1.807, 2.05) is 6.92 Å². The van der Waals surface area contributed by atoms with Crippen LogP contribution in [0.4, 0.5) is 0 Å². The molecular formula is C17H30N2O2. The second kappa shape index (κ2) is 6.25. The lowest BCUT2D eigenvalue weighted by atomic mass is 9.94. The molecule has 1 saturated heterocycles. The van der Waals surface area contributed by atoms with Gasteiger partial charge in [0, 0.05) is 18.6 Å². The van der Waals surface area contributed by atoms with Gasteiger partial charge in [0.2, 0.25) is 0 Å². The first kappa shape index (κ1) is 15.3. The summed E-state index contributed by atoms with van der Waals surface area (Å²) in [5, 5.41) is 3.54. The standard InChI is InChI=1S/C17H30N2O2/c1-17(16(20)21-2,18-14-9-10-14)12-19-11-5-8-15(19)13-6-3-4-7-13/h13-15,18H,3-12H2,1-2H3. The summed E-state index contributed by atoms with van der Waals surface area (Å²) < 4.78 is 5.09. The molecule has 2 atom stereocenters. The number of carbonyl (C=O) groups is 1. The van der Waals surface area contributed by atoms with Crippen molar-refractivity contribution in [3.8, 4) is 0 Å². The van der Waals surface area contributed by atoms with E-state index in [9.17, 15) is 4.79 Å². The fourth-order valence-electron chi connectivity index (χ4n) is 4.40. The lowest BCUT2D eigenvalue weighted by Gasteiger charge is -2.37. The van der Waals surface area contributed by atoms with Gasteiger partial charge in [-0.15, -0.1) is 0 Å². The molecule has 3 aliphatic rings. The van der Waals surface area contributed by atoms with Gasteiger partial charge in [0.25, 0.3) is 0 Å². The highest BCUT2D eigenvalue weighted by molar-refractivity contribution is 5.80. The van der Waals surface area contributed by atoms with E-state index in [2.05, 4.69) is 10.2 Å². The Morgan fingerprint density at radius 3 is 2.52 bits per heavy atom. The van der Waals surface area contributed by atoms with Crippen molar-refractivity contribution in [1.82, 2.24) is 10.2 Å². The van der Waals surface area contributed by atoms with Crippen molar-refractivity contribution in [2.45, 2.75) is 75.9 Å². The van der Waals surface area contributed by atoms with Crippen molar-refractivity contribution in [1.29, 1.82) is 0 Å². The highest BCUT2D eigenvalue weighted by atomic mass is 16.5. The van der Waals surface area contributed by atoms with E-state index in [1.165, 1.54) is 58.5 Å². The SMILES string of the molecule is COC(=O)C(C)(CN1CCCC1C1CCCC1)NC1CC1. The van der Waals surface area contributed by atoms with Crippen LogP contribution in [-0.2, 0) is 9.53 Å². The van der Waals surface area contributed by atoms with Crippen LogP contribution in [0.15, 0.2) is 0 Å². The second-order valence-corrected chi connectivity index (χ2v) is 7.47. The van der Waals surface area contributed by atoms with Crippen LogP contribution in [0.3, 0.4) is 0 Å². The average molecular weight is 294 g/mol. The molecule has 0 spiro atoms. The summed E-state index contributed by atoms with van der Waals surface area (Å²) in [6, 6.07) is 1.21. The van der Waals surface area contributed by atoms with Crippen LogP contribution in [-0.4, -0.2) is 48.7 Å². The zero-order chi connectivity index (χ0) is 14.9. The van der Waals surface area contributed by atoms with Gasteiger partial charge in [-0.1, -0.05) is 12.8 Å². The first-order chi connectivity index (χ1) is 10.1. The number of hydrogen-bond acceptors (Lipinski definition) is 4. The molecule has 0 aromatic carbocycles. The van der Waals surface area contributed by atoms with Gasteiger partial charge in [-0.2, -0.15) is 0 Å². The molecule has 3 fully saturated rings. The van der Waals surface area contributed by atoms with Crippen molar-refractivity contribution in [2.75, 3.05) is 20.2 Å². The Kier molecular flexibility index (Phi) is 4.55. The van der Waals surface area contributed by atoms with Crippen LogP contribution in [0.2, 0.25) is 0 Å². The molecule has 2 unspecified atom stereocenters. The summed E-state index contributed by atoms with van der Waals surface area (Å²) >= 11 is 0. The molecule has 3 rings (SSSR count). The van der Waals surface area contributed by atoms with Crippen molar-refractivity contribution in [2.24, 2.45) is 5.92 Å². The fraction of sp³-hybridized carbons (Fsp3) is 0.941. The minimum atomic E-state index is -0.545. The molecule has 0 aromatic heterocycles. The van der Waals surface area contributed by atoms with Gasteiger partial charge in [-0.3, -0.25) is 15.0 Å². The third kappa shape index (κ3) is 3.42. The van der Waals surface area contributed by atoms with E-state index in [1.54, 1.807) is 0 Å². The number of rotatable bonds is 6. The maximum Gasteiger partial charge on any atom is 0.327 e. The van der Waals surface area contributed by atoms with E-state index >= 15 is 0 Å². The highest BCUT2D eigenvalue weighted by Gasteiger charge is 2.44. The predicted molar refractivity (Wildman–Crippen MR) is 83.1 cm³/mol. The number of ether oxygens (including phenoxy) is 1. The Morgan fingerprint density at radius 1 is 1.19 bits per heavy atom. The molecule has 1 N–H and O–H groups in total. The largest absolute Gasteiger partial charge is 0.468 e. The number of esters is 1. The zero-order valence-electron chi connectivity index (χ0n) is 13.6. The van der Waals surface area contributed by atoms with Gasteiger partial charge < -0.3 is 4.74 Å². The number of methoxy groups -OCH3 is 1. The summed E-state index contributed by atoms with van der Waals surface area (Å²) in [5.74, 6) is 0.752. The Bertz CT molecular complexity index is 377. The Balaban J connectivity index is 1.66. The number of nitrogens with zero attached hydrogens (tertiary/aromatic N) is 1. The third-order valence-electron chi connectivity index (χ3n) is 5.61. The van der Waals surface area contributed by atoms with Crippen LogP contribution in [0.1, 0.15) is 58.3 Å². The maximum atomic E-state index is 12.3. The monoisotopic (exact) mass is 294 g/mol. The molecule has 0 bridgehead atoms. The number of hydrogen-bond donors (Lipinski definition) is 1. The van der Waals surface area contributed by atoms with Crippen molar-refractivity contribution >= 4 is 5.97 Å². The third-order valence-corrected chi connectivity index (χ3v) is 5.61. The molecule has 2 aliphatic carbocycles. The molecular weight excluding hydrogens is 264 g/mol. The first-order valence-electron chi connectivity index (χ1n) is 8.72. The molecule has 1 heterocycles. The van der Waals surface area contributed by atoms with E-state index in [0.29, 0.717) is 12.1 Å². The number of carbonyl (C=O) groups excluding carboxylic acids is 1. The smallest absolute Gasteiger partial charge is 0.327 e. The minimum Gasteiger partial charge on any atom is -0.468 e. The van der Waals surface area contributed by atoms with Crippen LogP contribution < -0.4 is 5.32 Å². The van der Waals surface area contributed by atoms with Gasteiger partial charge in [-0.25, -0.2) is 0 Å². The molecule has 21 heavy (non-hydrogen) atoms. The van der Waals surface area contributed by atoms with Gasteiger partial charge in [0.15, 0.2) is 0 Å². The van der Waals surface area contributed by atoms with Crippen LogP contribution in [0, 0.1) is 5.92 Å². The number of nitrogens with one attached hydrogen (secondary N) is 1. The van der Waals surface area contributed by atoms with Gasteiger partial charge >= 0.3 is 5.97 Å². The van der Waals surface area contributed by atoms with E-state index in [4.69, 9.17) is 4.74 Å². The van der Waals surface area contributed by atoms with Crippen LogP contribution in [0.5, 0.6) is 0 Å². The van der Waals surface area contributed by atoms with Gasteiger partial charge in [0.05, 0.1) is 7.11 Å². The highest BCUT2D eigenvalue weighted by Crippen LogP contribution is 2.36. The quantitative estimate of drug-likeness (QED) is 0.763. The predicted octanol–water partition coefficient (Wildman–Crippen LogP) is 2.32. The normalized spacial score (nSPS) is 30.5. The van der Waals surface area contributed by atoms with Gasteiger partial charge in [0.1, 0.15) is 5.54 Å². The van der Waals surface area contributed by atoms with Crippen molar-refractivity contribution in [3.63, 3.8) is 0 Å². The molecule has 0 amide bonds. The van der Waals surface area contributed by atoms with Gasteiger partial charge in [-0.05, 0) is 57.9 Å². The Labute approximate surface area is 128 Å². The van der Waals surface area contributed by atoms with Crippen molar-refractivity contribution in [3.05, 3.63) is 0 Å². The summed E-state index contributed by atoms with van der Waals surface area (Å²) in [4.78, 5) is 14.9. The second-order valence-electron chi connectivity index (χ2n) is 7.47. The molecule has 0 aromatic rings. The molecule has 4 heteroatoms. The van der Waals surface area contributed by atoms with E-state index < -0.39 is 5.54 Å². The Morgan fingerprint density at radius 2 is 1.90 bits per heavy atom. The fourth-order valence-corrected chi connectivity index (χ4v) is 4.40. The average Bonchev–Trinajstić information content (AvgIpc) is 2.95. The summed E-state index contributed by atoms with van der Waals surface area (Å²) in [6.45, 7) is 3.97. The van der Waals surface area contributed by atoms with Crippen molar-refractivity contribution < 1.29 is 9.53 Å². The van der Waals surface area contributed by atoms with E-state index in [0.717, 1.165) is 19.0 Å². The lowest BCUT2D eigenvalue weighted by molar-refractivity contribution is -0.149. The number of likely N-dealkylation sites (tertiary alicyclic amines) is 1.